The van der Waals surface area contributed by atoms with Crippen LogP contribution in [-0.4, -0.2) is 37.1 Å². The largest absolute Gasteiger partial charge is 0.388 e. The third kappa shape index (κ3) is 4.10. The molecule has 1 saturated heterocycles. The fourth-order valence-electron chi connectivity index (χ4n) is 3.37. The van der Waals surface area contributed by atoms with Gasteiger partial charge in [-0.2, -0.15) is 0 Å². The molecule has 0 radical (unpaired) electrons. The standard InChI is InChI=1S/C19H23N3O5S/c1-13-4-6-16(14(2)10-13)20-28(26,27)15-5-7-17(18(11-15)22(24)25)21-9-8-19(3,23)12-21/h4-7,10-11,20,23H,8-9,12H2,1-3H3. The predicted octanol–water partition coefficient (Wildman–Crippen LogP) is 2.97. The number of aryl methyl sites for hydroxylation is 2. The van der Waals surface area contributed by atoms with Crippen LogP contribution in [0.5, 0.6) is 0 Å². The van der Waals surface area contributed by atoms with E-state index in [1.807, 2.05) is 13.0 Å². The molecule has 9 heteroatoms. The van der Waals surface area contributed by atoms with Crippen LogP contribution in [0, 0.1) is 24.0 Å². The van der Waals surface area contributed by atoms with Crippen LogP contribution in [-0.2, 0) is 10.0 Å². The summed E-state index contributed by atoms with van der Waals surface area (Å²) in [6.45, 7) is 6.08. The number of sulfonamides is 1. The molecule has 0 bridgehead atoms. The highest BCUT2D eigenvalue weighted by Crippen LogP contribution is 2.35. The third-order valence-corrected chi connectivity index (χ3v) is 6.24. The van der Waals surface area contributed by atoms with Crippen LogP contribution in [0.2, 0.25) is 0 Å². The summed E-state index contributed by atoms with van der Waals surface area (Å²) in [4.78, 5) is 12.5. The number of nitro benzene ring substituents is 1. The van der Waals surface area contributed by atoms with Crippen molar-refractivity contribution in [3.63, 3.8) is 0 Å². The molecule has 8 nitrogen and oxygen atoms in total. The van der Waals surface area contributed by atoms with E-state index >= 15 is 0 Å². The van der Waals surface area contributed by atoms with E-state index in [9.17, 15) is 23.6 Å². The molecule has 1 aliphatic rings. The molecule has 2 aromatic carbocycles. The lowest BCUT2D eigenvalue weighted by molar-refractivity contribution is -0.384. The maximum absolute atomic E-state index is 12.8. The summed E-state index contributed by atoms with van der Waals surface area (Å²) in [6.07, 6.45) is 0.485. The van der Waals surface area contributed by atoms with Gasteiger partial charge in [-0.25, -0.2) is 8.42 Å². The Labute approximate surface area is 164 Å². The first-order valence-corrected chi connectivity index (χ1v) is 10.3. The fraction of sp³-hybridized carbons (Fsp3) is 0.368. The van der Waals surface area contributed by atoms with Gasteiger partial charge in [-0.15, -0.1) is 0 Å². The van der Waals surface area contributed by atoms with Gasteiger partial charge in [-0.3, -0.25) is 14.8 Å². The van der Waals surface area contributed by atoms with Crippen LogP contribution < -0.4 is 9.62 Å². The van der Waals surface area contributed by atoms with Crippen molar-refractivity contribution in [2.24, 2.45) is 0 Å². The first kappa shape index (κ1) is 20.1. The molecule has 0 saturated carbocycles. The molecule has 0 spiro atoms. The molecule has 2 aromatic rings. The smallest absolute Gasteiger partial charge is 0.293 e. The Balaban J connectivity index is 1.96. The molecule has 0 aromatic heterocycles. The Morgan fingerprint density at radius 1 is 1.21 bits per heavy atom. The minimum absolute atomic E-state index is 0.186. The molecule has 1 heterocycles. The molecule has 2 N–H and O–H groups in total. The van der Waals surface area contributed by atoms with Gasteiger partial charge in [0, 0.05) is 19.2 Å². The van der Waals surface area contributed by atoms with Crippen molar-refractivity contribution in [3.05, 3.63) is 57.6 Å². The van der Waals surface area contributed by atoms with E-state index in [1.54, 1.807) is 30.9 Å². The highest BCUT2D eigenvalue weighted by Gasteiger charge is 2.35. The van der Waals surface area contributed by atoms with E-state index in [4.69, 9.17) is 0 Å². The van der Waals surface area contributed by atoms with Crippen LogP contribution in [0.4, 0.5) is 17.1 Å². The fourth-order valence-corrected chi connectivity index (χ4v) is 4.52. The van der Waals surface area contributed by atoms with E-state index in [0.717, 1.165) is 17.2 Å². The molecule has 3 rings (SSSR count). The second-order valence-corrected chi connectivity index (χ2v) is 9.18. The summed E-state index contributed by atoms with van der Waals surface area (Å²) in [5.74, 6) is 0. The van der Waals surface area contributed by atoms with Crippen molar-refractivity contribution in [1.82, 2.24) is 0 Å². The maximum atomic E-state index is 12.8. The molecule has 28 heavy (non-hydrogen) atoms. The summed E-state index contributed by atoms with van der Waals surface area (Å²) in [5, 5.41) is 21.7. The van der Waals surface area contributed by atoms with Crippen molar-refractivity contribution in [2.45, 2.75) is 37.7 Å². The lowest BCUT2D eigenvalue weighted by Gasteiger charge is -2.21. The van der Waals surface area contributed by atoms with Gasteiger partial charge in [-0.1, -0.05) is 17.7 Å². The monoisotopic (exact) mass is 405 g/mol. The van der Waals surface area contributed by atoms with E-state index in [0.29, 0.717) is 24.3 Å². The zero-order chi connectivity index (χ0) is 20.7. The molecule has 0 aliphatic carbocycles. The number of aliphatic hydroxyl groups is 1. The molecule has 1 unspecified atom stereocenters. The average Bonchev–Trinajstić information content (AvgIpc) is 2.96. The highest BCUT2D eigenvalue weighted by molar-refractivity contribution is 7.92. The Bertz CT molecular complexity index is 1030. The zero-order valence-corrected chi connectivity index (χ0v) is 16.8. The number of nitrogens with zero attached hydrogens (tertiary/aromatic N) is 2. The Kier molecular flexibility index (Phi) is 5.07. The molecule has 1 atom stereocenters. The van der Waals surface area contributed by atoms with Crippen LogP contribution in [0.3, 0.4) is 0 Å². The maximum Gasteiger partial charge on any atom is 0.293 e. The summed E-state index contributed by atoms with van der Waals surface area (Å²) in [5.41, 5.74) is 1.25. The molecular weight excluding hydrogens is 382 g/mol. The van der Waals surface area contributed by atoms with Gasteiger partial charge in [0.1, 0.15) is 5.69 Å². The number of rotatable bonds is 5. The molecule has 1 aliphatic heterocycles. The lowest BCUT2D eigenvalue weighted by Crippen LogP contribution is -2.30. The van der Waals surface area contributed by atoms with Gasteiger partial charge < -0.3 is 10.0 Å². The number of benzene rings is 2. The van der Waals surface area contributed by atoms with E-state index in [1.165, 1.54) is 12.1 Å². The van der Waals surface area contributed by atoms with Crippen molar-refractivity contribution < 1.29 is 18.4 Å². The number of β-amino-alcohol motifs (C(OH)–C–C–N with tert-alkyl or cyclic N) is 1. The van der Waals surface area contributed by atoms with Crippen molar-refractivity contribution in [1.29, 1.82) is 0 Å². The highest BCUT2D eigenvalue weighted by atomic mass is 32.2. The molecule has 150 valence electrons. The number of nitro groups is 1. The van der Waals surface area contributed by atoms with Crippen LogP contribution in [0.25, 0.3) is 0 Å². The number of anilines is 2. The van der Waals surface area contributed by atoms with Gasteiger partial charge >= 0.3 is 0 Å². The molecule has 1 fully saturated rings. The first-order valence-electron chi connectivity index (χ1n) is 8.84. The minimum Gasteiger partial charge on any atom is -0.388 e. The Morgan fingerprint density at radius 3 is 2.50 bits per heavy atom. The number of hydrogen-bond acceptors (Lipinski definition) is 6. The third-order valence-electron chi connectivity index (χ3n) is 4.87. The van der Waals surface area contributed by atoms with Gasteiger partial charge in [0.25, 0.3) is 15.7 Å². The van der Waals surface area contributed by atoms with Crippen molar-refractivity contribution in [2.75, 3.05) is 22.7 Å². The SMILES string of the molecule is Cc1ccc(NS(=O)(=O)c2ccc(N3CCC(C)(O)C3)c([N+](=O)[O-])c2)c(C)c1. The number of nitrogens with one attached hydrogen (secondary N) is 1. The van der Waals surface area contributed by atoms with E-state index in [2.05, 4.69) is 4.72 Å². The second kappa shape index (κ2) is 7.06. The first-order chi connectivity index (χ1) is 13.0. The Morgan fingerprint density at radius 2 is 1.93 bits per heavy atom. The van der Waals surface area contributed by atoms with Gasteiger partial charge in [0.15, 0.2) is 0 Å². The van der Waals surface area contributed by atoms with Crippen molar-refractivity contribution >= 4 is 27.1 Å². The van der Waals surface area contributed by atoms with Crippen LogP contribution >= 0.6 is 0 Å². The molecular formula is C19H23N3O5S. The molecule has 0 amide bonds. The summed E-state index contributed by atoms with van der Waals surface area (Å²) >= 11 is 0. The van der Waals surface area contributed by atoms with Crippen molar-refractivity contribution in [3.8, 4) is 0 Å². The Hall–Kier alpha value is -2.65. The van der Waals surface area contributed by atoms with Crippen LogP contribution in [0.15, 0.2) is 41.3 Å². The summed E-state index contributed by atoms with van der Waals surface area (Å²) in [6, 6.07) is 9.14. The minimum atomic E-state index is -3.99. The predicted molar refractivity (Wildman–Crippen MR) is 107 cm³/mol. The second-order valence-electron chi connectivity index (χ2n) is 7.50. The van der Waals surface area contributed by atoms with Gasteiger partial charge in [-0.05, 0) is 51.0 Å². The van der Waals surface area contributed by atoms with Gasteiger partial charge in [0.2, 0.25) is 0 Å². The normalized spacial score (nSPS) is 19.6. The van der Waals surface area contributed by atoms with Crippen LogP contribution in [0.1, 0.15) is 24.5 Å². The van der Waals surface area contributed by atoms with E-state index in [-0.39, 0.29) is 17.1 Å². The lowest BCUT2D eigenvalue weighted by atomic mass is 10.1. The van der Waals surface area contributed by atoms with E-state index < -0.39 is 20.5 Å². The number of hydrogen-bond donors (Lipinski definition) is 2. The topological polar surface area (TPSA) is 113 Å². The van der Waals surface area contributed by atoms with Gasteiger partial charge in [0.05, 0.1) is 21.1 Å². The quantitative estimate of drug-likeness (QED) is 0.584. The summed E-state index contributed by atoms with van der Waals surface area (Å²) in [7, 11) is -3.99. The summed E-state index contributed by atoms with van der Waals surface area (Å²) < 4.78 is 28.0. The zero-order valence-electron chi connectivity index (χ0n) is 16.0. The average molecular weight is 405 g/mol.